The van der Waals surface area contributed by atoms with Crippen LogP contribution in [0.2, 0.25) is 0 Å². The molecule has 0 unspecified atom stereocenters. The van der Waals surface area contributed by atoms with Crippen LogP contribution in [-0.4, -0.2) is 155 Å². The number of aliphatic hydroxyl groups excluding tert-OH is 3. The molecule has 18 atom stereocenters. The maximum Gasteiger partial charge on any atom is 0.311 e. The Bertz CT molecular complexity index is 1230. The number of likely N-dealkylation sites (N-methyl/N-ethyl adjacent to an activating group) is 1. The van der Waals surface area contributed by atoms with Gasteiger partial charge in [0.05, 0.1) is 61.7 Å². The number of cyclic esters (lactones) is 1. The van der Waals surface area contributed by atoms with Crippen molar-refractivity contribution in [1.29, 1.82) is 0 Å². The number of methoxy groups -OCH3 is 2. The van der Waals surface area contributed by atoms with Crippen molar-refractivity contribution in [1.82, 2.24) is 0 Å². The Morgan fingerprint density at radius 3 is 1.96 bits per heavy atom. The second kappa shape index (κ2) is 17.4. The lowest BCUT2D eigenvalue weighted by atomic mass is 9.74. The molecule has 3 aliphatic heterocycles. The number of carbonyl (C=O) groups is 2. The molecule has 0 bridgehead atoms. The van der Waals surface area contributed by atoms with E-state index >= 15 is 0 Å². The zero-order chi connectivity index (χ0) is 40.6. The van der Waals surface area contributed by atoms with Gasteiger partial charge >= 0.3 is 5.97 Å². The van der Waals surface area contributed by atoms with Gasteiger partial charge in [0.2, 0.25) is 0 Å². The number of carbonyl (C=O) groups excluding carboxylic acids is 2. The van der Waals surface area contributed by atoms with Crippen molar-refractivity contribution < 1.29 is 73.0 Å². The summed E-state index contributed by atoms with van der Waals surface area (Å²) in [6.07, 6.45) is -9.86. The van der Waals surface area contributed by atoms with Crippen LogP contribution in [0.25, 0.3) is 0 Å². The fraction of sp³-hybridized carbons (Fsp3) is 0.947. The molecule has 3 heterocycles. The second-order valence-electron chi connectivity index (χ2n) is 17.1. The molecule has 0 amide bonds. The summed E-state index contributed by atoms with van der Waals surface area (Å²) in [6, 6.07) is -0.677. The van der Waals surface area contributed by atoms with Crippen LogP contribution in [0.1, 0.15) is 94.9 Å². The summed E-state index contributed by atoms with van der Waals surface area (Å²) in [6.45, 7) is 16.7. The fourth-order valence-corrected chi connectivity index (χ4v) is 8.70. The first-order valence-corrected chi connectivity index (χ1v) is 19.1. The molecule has 310 valence electrons. The maximum atomic E-state index is 14.2. The molecule has 3 saturated heterocycles. The Hall–Kier alpha value is -1.34. The maximum absolute atomic E-state index is 14.2. The van der Waals surface area contributed by atoms with Gasteiger partial charge in [-0.3, -0.25) is 9.59 Å². The Balaban J connectivity index is 2.23. The molecular formula is C38H70NO14+. The molecule has 3 rings (SSSR count). The number of aliphatic hydroxyl groups is 4. The molecule has 3 aliphatic rings. The Labute approximate surface area is 315 Å². The predicted octanol–water partition coefficient (Wildman–Crippen LogP) is 2.34. The first-order chi connectivity index (χ1) is 24.3. The normalized spacial score (nSPS) is 48.5. The molecule has 0 aliphatic carbocycles. The molecular weight excluding hydrogens is 694 g/mol. The molecule has 3 fully saturated rings. The first-order valence-electron chi connectivity index (χ1n) is 19.1. The number of rotatable bonds is 8. The van der Waals surface area contributed by atoms with E-state index in [1.165, 1.54) is 28.1 Å². The molecule has 15 heteroatoms. The SMILES string of the molecule is CC[C@H]1OC(=O)[C@H](C)[C@@H](O[C@H]2C[C@@](C)(OC)[C@@H](O)[C@H](C)O2)[C@H](C)[C@@H](O[C@@H]2O[C@H](C)C[C@H]([N+](C)(C)O)[C@H]2O)[C@](C)(OC)C[C@H](C)C(=O)[C@H](C)[C@@H](O)[C@]1(C)O. The van der Waals surface area contributed by atoms with Gasteiger partial charge in [0.25, 0.3) is 0 Å². The van der Waals surface area contributed by atoms with E-state index in [9.17, 15) is 35.2 Å². The predicted molar refractivity (Wildman–Crippen MR) is 191 cm³/mol. The lowest BCUT2D eigenvalue weighted by molar-refractivity contribution is -1.09. The van der Waals surface area contributed by atoms with Crippen LogP contribution in [0, 0.1) is 23.7 Å². The highest BCUT2D eigenvalue weighted by molar-refractivity contribution is 5.83. The average molecular weight is 765 g/mol. The van der Waals surface area contributed by atoms with Crippen LogP contribution in [0.3, 0.4) is 0 Å². The molecule has 0 saturated carbocycles. The highest BCUT2D eigenvalue weighted by Crippen LogP contribution is 2.42. The third-order valence-corrected chi connectivity index (χ3v) is 12.4. The van der Waals surface area contributed by atoms with Crippen molar-refractivity contribution in [3.63, 3.8) is 0 Å². The summed E-state index contributed by atoms with van der Waals surface area (Å²) in [5.74, 6) is -4.70. The topological polar surface area (TPSA) is 200 Å². The van der Waals surface area contributed by atoms with Crippen molar-refractivity contribution in [2.24, 2.45) is 23.7 Å². The van der Waals surface area contributed by atoms with E-state index in [2.05, 4.69) is 0 Å². The first kappa shape index (κ1) is 46.0. The lowest BCUT2D eigenvalue weighted by Crippen LogP contribution is -2.63. The average Bonchev–Trinajstić information content (AvgIpc) is 3.08. The molecule has 0 aromatic carbocycles. The zero-order valence-electron chi connectivity index (χ0n) is 34.3. The monoisotopic (exact) mass is 764 g/mol. The van der Waals surface area contributed by atoms with E-state index in [1.807, 2.05) is 6.92 Å². The number of Topliss-reactive ketones (excluding diaryl/α,β-unsaturated/α-hetero) is 1. The standard InChI is InChI=1S/C38H70NO14/c1-15-26-38(10,45)31(42)21(4)28(40)19(2)17-37(9,48-14)33(53-35-29(41)25(39(11,12)46)16-20(3)49-35)22(5)30(23(6)34(44)51-26)52-27-18-36(8,47-13)32(43)24(7)50-27/h19-27,29-33,35,41-43,45-46H,15-18H2,1-14H3/q+1/t19-,20+,21-,22-,23+,24-,25-,26+,27-,29+,30-,31+,32-,33+,35-,36+,37+,38+/m0/s1. The smallest absolute Gasteiger partial charge is 0.311 e. The van der Waals surface area contributed by atoms with Gasteiger partial charge < -0.3 is 53.6 Å². The summed E-state index contributed by atoms with van der Waals surface area (Å²) in [5.41, 5.74) is -4.35. The lowest BCUT2D eigenvalue weighted by Gasteiger charge is -2.50. The van der Waals surface area contributed by atoms with Gasteiger partial charge in [-0.2, -0.15) is 4.65 Å². The molecule has 0 spiro atoms. The quantitative estimate of drug-likeness (QED) is 0.137. The largest absolute Gasteiger partial charge is 0.459 e. The van der Waals surface area contributed by atoms with E-state index in [0.717, 1.165) is 0 Å². The van der Waals surface area contributed by atoms with Crippen molar-refractivity contribution in [3.05, 3.63) is 0 Å². The second-order valence-corrected chi connectivity index (χ2v) is 17.1. The van der Waals surface area contributed by atoms with Crippen LogP contribution in [0.5, 0.6) is 0 Å². The van der Waals surface area contributed by atoms with Crippen LogP contribution in [0.4, 0.5) is 0 Å². The number of nitrogens with zero attached hydrogens (tertiary/aromatic N) is 1. The van der Waals surface area contributed by atoms with Crippen LogP contribution >= 0.6 is 0 Å². The summed E-state index contributed by atoms with van der Waals surface area (Å²) < 4.78 is 43.1. The minimum atomic E-state index is -1.99. The highest BCUT2D eigenvalue weighted by atomic mass is 16.7. The Morgan fingerprint density at radius 2 is 1.43 bits per heavy atom. The number of ketones is 1. The van der Waals surface area contributed by atoms with Crippen LogP contribution in [-0.2, 0) is 42.7 Å². The third-order valence-electron chi connectivity index (χ3n) is 12.4. The summed E-state index contributed by atoms with van der Waals surface area (Å²) in [5, 5.41) is 56.5. The zero-order valence-corrected chi connectivity index (χ0v) is 34.3. The van der Waals surface area contributed by atoms with Gasteiger partial charge in [-0.1, -0.05) is 27.7 Å². The van der Waals surface area contributed by atoms with Gasteiger partial charge in [-0.05, 0) is 54.4 Å². The van der Waals surface area contributed by atoms with E-state index in [4.69, 9.17) is 33.2 Å². The fourth-order valence-electron chi connectivity index (χ4n) is 8.70. The van der Waals surface area contributed by atoms with Gasteiger partial charge in [-0.25, -0.2) is 5.21 Å². The van der Waals surface area contributed by atoms with Crippen molar-refractivity contribution >= 4 is 11.8 Å². The number of quaternary nitrogens is 1. The highest BCUT2D eigenvalue weighted by Gasteiger charge is 2.55. The summed E-state index contributed by atoms with van der Waals surface area (Å²) in [4.78, 5) is 28.2. The minimum Gasteiger partial charge on any atom is -0.459 e. The van der Waals surface area contributed by atoms with Crippen LogP contribution in [0.15, 0.2) is 0 Å². The van der Waals surface area contributed by atoms with Gasteiger partial charge in [0, 0.05) is 44.8 Å². The Kier molecular flexibility index (Phi) is 15.1. The summed E-state index contributed by atoms with van der Waals surface area (Å²) >= 11 is 0. The van der Waals surface area contributed by atoms with E-state index in [1.54, 1.807) is 62.6 Å². The summed E-state index contributed by atoms with van der Waals surface area (Å²) in [7, 11) is 6.08. The van der Waals surface area contributed by atoms with Gasteiger partial charge in [0.1, 0.15) is 23.6 Å². The van der Waals surface area contributed by atoms with E-state index in [-0.39, 0.29) is 25.0 Å². The number of esters is 1. The Morgan fingerprint density at radius 1 is 0.849 bits per heavy atom. The van der Waals surface area contributed by atoms with Crippen molar-refractivity contribution in [3.8, 4) is 0 Å². The number of hydrogen-bond donors (Lipinski definition) is 5. The number of hydroxylamine groups is 3. The molecule has 0 radical (unpaired) electrons. The van der Waals surface area contributed by atoms with E-state index in [0.29, 0.717) is 6.42 Å². The third kappa shape index (κ3) is 9.80. The minimum absolute atomic E-state index is 0.0630. The van der Waals surface area contributed by atoms with E-state index < -0.39 is 119 Å². The number of ether oxygens (including phenoxy) is 7. The number of hydrogen-bond acceptors (Lipinski definition) is 14. The molecule has 0 aromatic heterocycles. The molecule has 15 nitrogen and oxygen atoms in total. The van der Waals surface area contributed by atoms with Crippen molar-refractivity contribution in [2.45, 2.75) is 179 Å². The molecule has 5 N–H and O–H groups in total. The van der Waals surface area contributed by atoms with Gasteiger partial charge in [-0.15, -0.1) is 0 Å². The van der Waals surface area contributed by atoms with Crippen LogP contribution < -0.4 is 0 Å². The molecule has 53 heavy (non-hydrogen) atoms. The van der Waals surface area contributed by atoms with Crippen molar-refractivity contribution in [2.75, 3.05) is 28.3 Å². The molecule has 0 aromatic rings. The van der Waals surface area contributed by atoms with Gasteiger partial charge in [0.15, 0.2) is 24.7 Å².